The molecule has 0 atom stereocenters. The third kappa shape index (κ3) is 4.63. The van der Waals surface area contributed by atoms with E-state index >= 15 is 0 Å². The van der Waals surface area contributed by atoms with Gasteiger partial charge >= 0.3 is 6.09 Å². The van der Waals surface area contributed by atoms with Crippen molar-refractivity contribution in [3.8, 4) is 0 Å². The average Bonchev–Trinajstić information content (AvgIpc) is 2.48. The third-order valence-electron chi connectivity index (χ3n) is 3.93. The monoisotopic (exact) mass is 291 g/mol. The second kappa shape index (κ2) is 7.31. The molecule has 0 bridgehead atoms. The van der Waals surface area contributed by atoms with Gasteiger partial charge in [-0.1, -0.05) is 6.07 Å². The molecular weight excluding hydrogens is 266 g/mol. The largest absolute Gasteiger partial charge is 0.453 e. The molecule has 1 aromatic rings. The van der Waals surface area contributed by atoms with Crippen molar-refractivity contribution in [2.24, 2.45) is 0 Å². The van der Waals surface area contributed by atoms with Gasteiger partial charge in [0.25, 0.3) is 0 Å². The van der Waals surface area contributed by atoms with Crippen molar-refractivity contribution in [2.75, 3.05) is 30.8 Å². The van der Waals surface area contributed by atoms with Crippen LogP contribution in [-0.2, 0) is 4.74 Å². The van der Waals surface area contributed by atoms with Gasteiger partial charge in [-0.2, -0.15) is 0 Å². The van der Waals surface area contributed by atoms with E-state index in [1.807, 2.05) is 24.3 Å². The Bertz CT molecular complexity index is 468. The van der Waals surface area contributed by atoms with Crippen LogP contribution < -0.4 is 10.6 Å². The van der Waals surface area contributed by atoms with Gasteiger partial charge in [0.05, 0.1) is 7.11 Å². The van der Waals surface area contributed by atoms with Crippen LogP contribution in [0.3, 0.4) is 0 Å². The van der Waals surface area contributed by atoms with E-state index in [1.54, 1.807) is 0 Å². The summed E-state index contributed by atoms with van der Waals surface area (Å²) in [6.07, 6.45) is 1.84. The number of amides is 1. The molecule has 1 aliphatic heterocycles. The van der Waals surface area contributed by atoms with Gasteiger partial charge in [0.1, 0.15) is 0 Å². The van der Waals surface area contributed by atoms with Crippen molar-refractivity contribution >= 4 is 17.5 Å². The molecule has 0 spiro atoms. The van der Waals surface area contributed by atoms with E-state index in [1.165, 1.54) is 7.11 Å². The molecule has 0 saturated carbocycles. The molecule has 1 amide bonds. The normalized spacial score (nSPS) is 16.8. The van der Waals surface area contributed by atoms with Crippen LogP contribution in [0.2, 0.25) is 0 Å². The molecule has 116 valence electrons. The summed E-state index contributed by atoms with van der Waals surface area (Å²) < 4.78 is 4.60. The number of benzene rings is 1. The van der Waals surface area contributed by atoms with Crippen molar-refractivity contribution < 1.29 is 9.53 Å². The quantitative estimate of drug-likeness (QED) is 0.895. The number of carbonyl (C=O) groups excluding carboxylic acids is 1. The molecule has 0 unspecified atom stereocenters. The van der Waals surface area contributed by atoms with Crippen LogP contribution in [0.5, 0.6) is 0 Å². The molecule has 2 N–H and O–H groups in total. The van der Waals surface area contributed by atoms with Crippen LogP contribution in [0.4, 0.5) is 16.2 Å². The molecular formula is C16H25N3O2. The standard InChI is InChI=1S/C16H25N3O2/c1-12(2)19-9-7-13(8-10-19)17-14-5-4-6-15(11-14)18-16(20)21-3/h4-6,11-13,17H,7-10H2,1-3H3,(H,18,20). The number of likely N-dealkylation sites (tertiary alicyclic amines) is 1. The smallest absolute Gasteiger partial charge is 0.411 e. The van der Waals surface area contributed by atoms with Gasteiger partial charge in [-0.25, -0.2) is 4.79 Å². The maximum absolute atomic E-state index is 11.2. The first-order valence-electron chi connectivity index (χ1n) is 7.54. The second-order valence-corrected chi connectivity index (χ2v) is 5.75. The summed E-state index contributed by atoms with van der Waals surface area (Å²) in [5.41, 5.74) is 1.78. The summed E-state index contributed by atoms with van der Waals surface area (Å²) in [4.78, 5) is 13.7. The lowest BCUT2D eigenvalue weighted by atomic mass is 10.0. The number of piperidine rings is 1. The first-order valence-corrected chi connectivity index (χ1v) is 7.54. The Morgan fingerprint density at radius 2 is 1.95 bits per heavy atom. The minimum atomic E-state index is -0.447. The van der Waals surface area contributed by atoms with Crippen LogP contribution in [0.25, 0.3) is 0 Å². The zero-order valence-corrected chi connectivity index (χ0v) is 13.1. The molecule has 2 rings (SSSR count). The molecule has 0 aliphatic carbocycles. The number of carbonyl (C=O) groups is 1. The lowest BCUT2D eigenvalue weighted by molar-refractivity contribution is 0.177. The molecule has 0 aromatic heterocycles. The fourth-order valence-electron chi connectivity index (χ4n) is 2.65. The van der Waals surface area contributed by atoms with Crippen LogP contribution in [0.15, 0.2) is 24.3 Å². The Kier molecular flexibility index (Phi) is 5.44. The number of methoxy groups -OCH3 is 1. The topological polar surface area (TPSA) is 53.6 Å². The molecule has 1 aromatic carbocycles. The fraction of sp³-hybridized carbons (Fsp3) is 0.562. The highest BCUT2D eigenvalue weighted by Crippen LogP contribution is 2.20. The van der Waals surface area contributed by atoms with Crippen molar-refractivity contribution in [2.45, 2.75) is 38.8 Å². The van der Waals surface area contributed by atoms with E-state index in [0.29, 0.717) is 12.1 Å². The number of ether oxygens (including phenoxy) is 1. The highest BCUT2D eigenvalue weighted by molar-refractivity contribution is 5.85. The molecule has 1 heterocycles. The molecule has 1 aliphatic rings. The number of anilines is 2. The van der Waals surface area contributed by atoms with Crippen molar-refractivity contribution in [3.63, 3.8) is 0 Å². The third-order valence-corrected chi connectivity index (χ3v) is 3.93. The van der Waals surface area contributed by atoms with Crippen LogP contribution in [-0.4, -0.2) is 43.3 Å². The van der Waals surface area contributed by atoms with Gasteiger partial charge in [0.15, 0.2) is 0 Å². The van der Waals surface area contributed by atoms with E-state index in [0.717, 1.165) is 37.3 Å². The van der Waals surface area contributed by atoms with Gasteiger partial charge < -0.3 is 15.0 Å². The number of nitrogens with zero attached hydrogens (tertiary/aromatic N) is 1. The van der Waals surface area contributed by atoms with E-state index in [4.69, 9.17) is 0 Å². The minimum absolute atomic E-state index is 0.447. The minimum Gasteiger partial charge on any atom is -0.453 e. The average molecular weight is 291 g/mol. The maximum atomic E-state index is 11.2. The first-order chi connectivity index (χ1) is 10.1. The number of hydrogen-bond acceptors (Lipinski definition) is 4. The summed E-state index contributed by atoms with van der Waals surface area (Å²) in [7, 11) is 1.36. The lowest BCUT2D eigenvalue weighted by Crippen LogP contribution is -2.42. The van der Waals surface area contributed by atoms with Gasteiger partial charge in [-0.3, -0.25) is 5.32 Å². The predicted octanol–water partition coefficient (Wildman–Crippen LogP) is 3.15. The van der Waals surface area contributed by atoms with Gasteiger partial charge in [0, 0.05) is 36.5 Å². The van der Waals surface area contributed by atoms with Gasteiger partial charge in [-0.15, -0.1) is 0 Å². The molecule has 5 nitrogen and oxygen atoms in total. The molecule has 21 heavy (non-hydrogen) atoms. The Balaban J connectivity index is 1.89. The van der Waals surface area contributed by atoms with Crippen LogP contribution in [0, 0.1) is 0 Å². The highest BCUT2D eigenvalue weighted by atomic mass is 16.5. The summed E-state index contributed by atoms with van der Waals surface area (Å²) in [5.74, 6) is 0. The van der Waals surface area contributed by atoms with Gasteiger partial charge in [-0.05, 0) is 44.9 Å². The summed E-state index contributed by atoms with van der Waals surface area (Å²) in [5, 5.41) is 6.24. The van der Waals surface area contributed by atoms with Crippen molar-refractivity contribution in [3.05, 3.63) is 24.3 Å². The zero-order valence-electron chi connectivity index (χ0n) is 13.1. The van der Waals surface area contributed by atoms with Crippen molar-refractivity contribution in [1.29, 1.82) is 0 Å². The fourth-order valence-corrected chi connectivity index (χ4v) is 2.65. The van der Waals surface area contributed by atoms with Gasteiger partial charge in [0.2, 0.25) is 0 Å². The first kappa shape index (κ1) is 15.6. The van der Waals surface area contributed by atoms with E-state index < -0.39 is 6.09 Å². The van der Waals surface area contributed by atoms with Crippen molar-refractivity contribution in [1.82, 2.24) is 4.90 Å². The van der Waals surface area contributed by atoms with Crippen LogP contribution >= 0.6 is 0 Å². The summed E-state index contributed by atoms with van der Waals surface area (Å²) >= 11 is 0. The molecule has 5 heteroatoms. The molecule has 1 fully saturated rings. The molecule has 0 radical (unpaired) electrons. The Morgan fingerprint density at radius 1 is 1.29 bits per heavy atom. The van der Waals surface area contributed by atoms with E-state index in [-0.39, 0.29) is 0 Å². The zero-order chi connectivity index (χ0) is 15.2. The van der Waals surface area contributed by atoms with E-state index in [2.05, 4.69) is 34.1 Å². The van der Waals surface area contributed by atoms with Crippen LogP contribution in [0.1, 0.15) is 26.7 Å². The highest BCUT2D eigenvalue weighted by Gasteiger charge is 2.20. The Labute approximate surface area is 126 Å². The number of hydrogen-bond donors (Lipinski definition) is 2. The summed E-state index contributed by atoms with van der Waals surface area (Å²) in [6, 6.07) is 8.86. The van der Waals surface area contributed by atoms with E-state index in [9.17, 15) is 4.79 Å². The Hall–Kier alpha value is -1.75. The SMILES string of the molecule is COC(=O)Nc1cccc(NC2CCN(C(C)C)CC2)c1. The maximum Gasteiger partial charge on any atom is 0.411 e. The number of rotatable bonds is 4. The lowest BCUT2D eigenvalue weighted by Gasteiger charge is -2.35. The second-order valence-electron chi connectivity index (χ2n) is 5.75. The summed E-state index contributed by atoms with van der Waals surface area (Å²) in [6.45, 7) is 6.76. The number of nitrogens with one attached hydrogen (secondary N) is 2. The predicted molar refractivity (Wildman–Crippen MR) is 85.8 cm³/mol. The Morgan fingerprint density at radius 3 is 2.57 bits per heavy atom. The molecule has 1 saturated heterocycles.